The number of hydrogen-bond donors (Lipinski definition) is 1. The number of nitrogens with zero attached hydrogens (tertiary/aromatic N) is 2. The Bertz CT molecular complexity index is 394. The van der Waals surface area contributed by atoms with Gasteiger partial charge in [-0.15, -0.1) is 11.3 Å². The number of thiazole rings is 1. The minimum absolute atomic E-state index is 0.542. The van der Waals surface area contributed by atoms with Crippen molar-refractivity contribution in [3.05, 3.63) is 16.6 Å². The van der Waals surface area contributed by atoms with Gasteiger partial charge in [-0.3, -0.25) is 9.98 Å². The standard InChI is InChI=1S/C12H17N3S2/c1-2-4-12(3-1)7-15-11(16-8-12)14-6-10-5-13-9-17-10/h5,9H,1-4,6-8H2,(H,14,15). The zero-order valence-electron chi connectivity index (χ0n) is 9.82. The minimum atomic E-state index is 0.542. The third-order valence-corrected chi connectivity index (χ3v) is 5.72. The lowest BCUT2D eigenvalue weighted by Gasteiger charge is -2.31. The Morgan fingerprint density at radius 1 is 1.35 bits per heavy atom. The van der Waals surface area contributed by atoms with E-state index in [0.717, 1.165) is 18.3 Å². The molecule has 3 rings (SSSR count). The van der Waals surface area contributed by atoms with E-state index in [0.29, 0.717) is 5.41 Å². The highest BCUT2D eigenvalue weighted by molar-refractivity contribution is 8.13. The second kappa shape index (κ2) is 4.98. The van der Waals surface area contributed by atoms with Gasteiger partial charge in [-0.25, -0.2) is 0 Å². The molecule has 17 heavy (non-hydrogen) atoms. The molecule has 0 amide bonds. The number of aliphatic imine (C=N–C) groups is 1. The fourth-order valence-corrected chi connectivity index (χ4v) is 4.27. The van der Waals surface area contributed by atoms with E-state index in [-0.39, 0.29) is 0 Å². The van der Waals surface area contributed by atoms with Crippen LogP contribution in [0.3, 0.4) is 0 Å². The molecule has 0 saturated heterocycles. The van der Waals surface area contributed by atoms with Crippen molar-refractivity contribution in [1.29, 1.82) is 0 Å². The first-order valence-corrected chi connectivity index (χ1v) is 8.01. The van der Waals surface area contributed by atoms with Crippen LogP contribution in [-0.2, 0) is 6.54 Å². The van der Waals surface area contributed by atoms with Gasteiger partial charge in [0.05, 0.1) is 12.1 Å². The summed E-state index contributed by atoms with van der Waals surface area (Å²) < 4.78 is 0. The molecular weight excluding hydrogens is 250 g/mol. The van der Waals surface area contributed by atoms with Gasteiger partial charge in [0, 0.05) is 23.4 Å². The van der Waals surface area contributed by atoms with E-state index < -0.39 is 0 Å². The van der Waals surface area contributed by atoms with Crippen molar-refractivity contribution >= 4 is 28.3 Å². The van der Waals surface area contributed by atoms with Gasteiger partial charge in [0.2, 0.25) is 0 Å². The first-order chi connectivity index (χ1) is 8.36. The Labute approximate surface area is 110 Å². The van der Waals surface area contributed by atoms with Crippen LogP contribution in [-0.4, -0.2) is 22.4 Å². The van der Waals surface area contributed by atoms with E-state index in [1.807, 2.05) is 23.5 Å². The smallest absolute Gasteiger partial charge is 0.156 e. The lowest BCUT2D eigenvalue weighted by atomic mass is 9.89. The zero-order chi connectivity index (χ0) is 11.6. The number of hydrogen-bond acceptors (Lipinski definition) is 5. The lowest BCUT2D eigenvalue weighted by molar-refractivity contribution is 0.358. The number of aromatic nitrogens is 1. The first-order valence-electron chi connectivity index (χ1n) is 6.15. The van der Waals surface area contributed by atoms with Gasteiger partial charge in [0.25, 0.3) is 0 Å². The quantitative estimate of drug-likeness (QED) is 0.895. The summed E-state index contributed by atoms with van der Waals surface area (Å²) in [6, 6.07) is 0. The van der Waals surface area contributed by atoms with Crippen molar-refractivity contribution < 1.29 is 0 Å². The fraction of sp³-hybridized carbons (Fsp3) is 0.667. The fourth-order valence-electron chi connectivity index (χ4n) is 2.58. The van der Waals surface area contributed by atoms with Crippen molar-refractivity contribution in [3.8, 4) is 0 Å². The van der Waals surface area contributed by atoms with E-state index in [2.05, 4.69) is 10.3 Å². The highest BCUT2D eigenvalue weighted by Crippen LogP contribution is 2.43. The van der Waals surface area contributed by atoms with Crippen LogP contribution in [0.5, 0.6) is 0 Å². The Morgan fingerprint density at radius 2 is 2.24 bits per heavy atom. The monoisotopic (exact) mass is 267 g/mol. The summed E-state index contributed by atoms with van der Waals surface area (Å²) in [6.07, 6.45) is 7.49. The normalized spacial score (nSPS) is 22.7. The van der Waals surface area contributed by atoms with Crippen LogP contribution in [0.4, 0.5) is 0 Å². The molecule has 2 aliphatic rings. The molecule has 5 heteroatoms. The Balaban J connectivity index is 1.54. The van der Waals surface area contributed by atoms with Gasteiger partial charge >= 0.3 is 0 Å². The van der Waals surface area contributed by atoms with Crippen molar-refractivity contribution in [2.75, 3.05) is 12.3 Å². The molecule has 1 N–H and O–H groups in total. The Kier molecular flexibility index (Phi) is 3.38. The predicted octanol–water partition coefficient (Wildman–Crippen LogP) is 2.90. The van der Waals surface area contributed by atoms with Gasteiger partial charge in [-0.1, -0.05) is 24.6 Å². The molecular formula is C12H17N3S2. The zero-order valence-corrected chi connectivity index (χ0v) is 11.4. The first kappa shape index (κ1) is 11.5. The largest absolute Gasteiger partial charge is 0.360 e. The molecule has 0 atom stereocenters. The number of thioether (sulfide) groups is 1. The van der Waals surface area contributed by atoms with Crippen LogP contribution in [0.1, 0.15) is 30.6 Å². The van der Waals surface area contributed by atoms with Crippen molar-refractivity contribution in [2.24, 2.45) is 10.4 Å². The summed E-state index contributed by atoms with van der Waals surface area (Å²) in [4.78, 5) is 10.1. The lowest BCUT2D eigenvalue weighted by Crippen LogP contribution is -2.33. The molecule has 1 aromatic rings. The summed E-state index contributed by atoms with van der Waals surface area (Å²) >= 11 is 3.60. The maximum atomic E-state index is 4.72. The summed E-state index contributed by atoms with van der Waals surface area (Å²) in [6.45, 7) is 1.90. The van der Waals surface area contributed by atoms with Crippen molar-refractivity contribution in [1.82, 2.24) is 10.3 Å². The summed E-state index contributed by atoms with van der Waals surface area (Å²) in [5.41, 5.74) is 2.42. The number of amidine groups is 1. The Hall–Kier alpha value is -0.550. The van der Waals surface area contributed by atoms with Crippen LogP contribution in [0.25, 0.3) is 0 Å². The molecule has 1 saturated carbocycles. The average Bonchev–Trinajstić information content (AvgIpc) is 3.01. The molecule has 0 unspecified atom stereocenters. The molecule has 1 fully saturated rings. The molecule has 1 aliphatic carbocycles. The van der Waals surface area contributed by atoms with E-state index >= 15 is 0 Å². The van der Waals surface area contributed by atoms with E-state index in [1.165, 1.54) is 36.3 Å². The summed E-state index contributed by atoms with van der Waals surface area (Å²) in [5, 5.41) is 4.53. The maximum absolute atomic E-state index is 4.72. The number of rotatable bonds is 2. The van der Waals surface area contributed by atoms with E-state index in [9.17, 15) is 0 Å². The molecule has 1 aliphatic heterocycles. The van der Waals surface area contributed by atoms with Gasteiger partial charge < -0.3 is 5.32 Å². The van der Waals surface area contributed by atoms with E-state index in [1.54, 1.807) is 11.3 Å². The third-order valence-electron chi connectivity index (χ3n) is 3.63. The molecule has 0 radical (unpaired) electrons. The molecule has 1 aromatic heterocycles. The third kappa shape index (κ3) is 2.65. The molecule has 0 bridgehead atoms. The van der Waals surface area contributed by atoms with Crippen molar-refractivity contribution in [3.63, 3.8) is 0 Å². The van der Waals surface area contributed by atoms with Crippen molar-refractivity contribution in [2.45, 2.75) is 32.2 Å². The predicted molar refractivity (Wildman–Crippen MR) is 74.6 cm³/mol. The molecule has 0 aromatic carbocycles. The second-order valence-electron chi connectivity index (χ2n) is 4.94. The molecule has 3 nitrogen and oxygen atoms in total. The second-order valence-corrected chi connectivity index (χ2v) is 6.87. The van der Waals surface area contributed by atoms with Crippen LogP contribution < -0.4 is 5.32 Å². The highest BCUT2D eigenvalue weighted by Gasteiger charge is 2.36. The van der Waals surface area contributed by atoms with Crippen LogP contribution >= 0.6 is 23.1 Å². The summed E-state index contributed by atoms with van der Waals surface area (Å²) in [7, 11) is 0. The SMILES string of the molecule is c1ncc(CNC2=NCC3(CCCC3)CS2)s1. The van der Waals surface area contributed by atoms with Crippen LogP contribution in [0.2, 0.25) is 0 Å². The topological polar surface area (TPSA) is 37.3 Å². The maximum Gasteiger partial charge on any atom is 0.156 e. The Morgan fingerprint density at radius 3 is 2.88 bits per heavy atom. The molecule has 92 valence electrons. The number of nitrogens with one attached hydrogen (secondary N) is 1. The minimum Gasteiger partial charge on any atom is -0.360 e. The van der Waals surface area contributed by atoms with Crippen LogP contribution in [0, 0.1) is 5.41 Å². The van der Waals surface area contributed by atoms with Crippen LogP contribution in [0.15, 0.2) is 16.7 Å². The highest BCUT2D eigenvalue weighted by atomic mass is 32.2. The van der Waals surface area contributed by atoms with E-state index in [4.69, 9.17) is 4.99 Å². The van der Waals surface area contributed by atoms with Gasteiger partial charge in [-0.05, 0) is 18.3 Å². The summed E-state index contributed by atoms with van der Waals surface area (Å²) in [5.74, 6) is 1.25. The average molecular weight is 267 g/mol. The van der Waals surface area contributed by atoms with Gasteiger partial charge in [0.15, 0.2) is 5.17 Å². The molecule has 2 heterocycles. The van der Waals surface area contributed by atoms with Gasteiger partial charge in [0.1, 0.15) is 0 Å². The van der Waals surface area contributed by atoms with Gasteiger partial charge in [-0.2, -0.15) is 0 Å². The molecule has 1 spiro atoms.